The third-order valence-corrected chi connectivity index (χ3v) is 2.57. The van der Waals surface area contributed by atoms with Gasteiger partial charge in [0.1, 0.15) is 11.6 Å². The maximum absolute atomic E-state index is 13.0. The van der Waals surface area contributed by atoms with Gasteiger partial charge in [0.15, 0.2) is 5.69 Å². The molecule has 0 amide bonds. The van der Waals surface area contributed by atoms with Crippen LogP contribution in [-0.2, 0) is 0 Å². The lowest BCUT2D eigenvalue weighted by atomic mass is 10.3. The van der Waals surface area contributed by atoms with Crippen molar-refractivity contribution >= 4 is 21.6 Å². The van der Waals surface area contributed by atoms with Gasteiger partial charge in [-0.1, -0.05) is 0 Å². The van der Waals surface area contributed by atoms with E-state index in [2.05, 4.69) is 25.9 Å². The number of ether oxygens (including phenoxy) is 1. The van der Waals surface area contributed by atoms with Crippen LogP contribution in [-0.4, -0.2) is 9.97 Å². The van der Waals surface area contributed by atoms with E-state index in [-0.39, 0.29) is 16.0 Å². The fourth-order valence-electron chi connectivity index (χ4n) is 1.13. The van der Waals surface area contributed by atoms with Crippen LogP contribution >= 0.6 is 15.9 Å². The van der Waals surface area contributed by atoms with Crippen molar-refractivity contribution in [3.8, 4) is 11.6 Å². The number of anilines is 1. The SMILES string of the molecule is Nc1c(Oc2ccc(F)c(Br)c2)nc[nH]c1=O. The molecule has 0 saturated heterocycles. The smallest absolute Gasteiger partial charge is 0.277 e. The molecule has 88 valence electrons. The average molecular weight is 300 g/mol. The monoisotopic (exact) mass is 299 g/mol. The number of benzene rings is 1. The molecule has 2 aromatic rings. The van der Waals surface area contributed by atoms with Crippen LogP contribution in [0, 0.1) is 5.82 Å². The molecule has 3 N–H and O–H groups in total. The zero-order valence-electron chi connectivity index (χ0n) is 8.41. The Balaban J connectivity index is 2.35. The minimum atomic E-state index is -0.490. The van der Waals surface area contributed by atoms with E-state index in [1.807, 2.05) is 0 Å². The summed E-state index contributed by atoms with van der Waals surface area (Å²) in [7, 11) is 0. The van der Waals surface area contributed by atoms with Gasteiger partial charge in [-0.25, -0.2) is 9.37 Å². The van der Waals surface area contributed by atoms with E-state index in [0.29, 0.717) is 5.75 Å². The Bertz CT molecular complexity index is 615. The maximum atomic E-state index is 13.0. The highest BCUT2D eigenvalue weighted by Gasteiger charge is 2.08. The van der Waals surface area contributed by atoms with Gasteiger partial charge >= 0.3 is 0 Å². The van der Waals surface area contributed by atoms with Crippen molar-refractivity contribution in [3.05, 3.63) is 45.2 Å². The van der Waals surface area contributed by atoms with Crippen molar-refractivity contribution in [2.24, 2.45) is 0 Å². The minimum Gasteiger partial charge on any atom is -0.437 e. The zero-order valence-corrected chi connectivity index (χ0v) is 9.99. The Kier molecular flexibility index (Phi) is 3.10. The number of rotatable bonds is 2. The zero-order chi connectivity index (χ0) is 12.4. The molecular formula is C10H7BrFN3O2. The topological polar surface area (TPSA) is 81.0 Å². The van der Waals surface area contributed by atoms with Gasteiger partial charge in [-0.2, -0.15) is 0 Å². The third-order valence-electron chi connectivity index (χ3n) is 1.96. The van der Waals surface area contributed by atoms with Crippen LogP contribution in [0.4, 0.5) is 10.1 Å². The molecule has 0 radical (unpaired) electrons. The molecule has 0 unspecified atom stereocenters. The summed E-state index contributed by atoms with van der Waals surface area (Å²) in [4.78, 5) is 17.3. The van der Waals surface area contributed by atoms with E-state index in [1.165, 1.54) is 24.5 Å². The van der Waals surface area contributed by atoms with Gasteiger partial charge in [-0.3, -0.25) is 4.79 Å². The first kappa shape index (κ1) is 11.6. The number of nitrogens with one attached hydrogen (secondary N) is 1. The summed E-state index contributed by atoms with van der Waals surface area (Å²) >= 11 is 3.02. The largest absolute Gasteiger partial charge is 0.437 e. The van der Waals surface area contributed by atoms with Crippen molar-refractivity contribution in [1.29, 1.82) is 0 Å². The average Bonchev–Trinajstić information content (AvgIpc) is 2.30. The van der Waals surface area contributed by atoms with Gasteiger partial charge in [0.25, 0.3) is 5.56 Å². The van der Waals surface area contributed by atoms with Crippen molar-refractivity contribution in [2.75, 3.05) is 5.73 Å². The molecule has 1 heterocycles. The number of aromatic nitrogens is 2. The van der Waals surface area contributed by atoms with Crippen LogP contribution in [0.1, 0.15) is 0 Å². The Labute approximate surface area is 104 Å². The highest BCUT2D eigenvalue weighted by Crippen LogP contribution is 2.26. The number of halogens is 2. The van der Waals surface area contributed by atoms with E-state index in [9.17, 15) is 9.18 Å². The summed E-state index contributed by atoms with van der Waals surface area (Å²) in [6, 6.07) is 4.04. The Morgan fingerprint density at radius 1 is 1.47 bits per heavy atom. The second kappa shape index (κ2) is 4.54. The Morgan fingerprint density at radius 3 is 2.94 bits per heavy atom. The minimum absolute atomic E-state index is 0.0211. The van der Waals surface area contributed by atoms with Gasteiger partial charge < -0.3 is 15.5 Å². The van der Waals surface area contributed by atoms with Crippen LogP contribution in [0.25, 0.3) is 0 Å². The van der Waals surface area contributed by atoms with Crippen LogP contribution < -0.4 is 16.0 Å². The van der Waals surface area contributed by atoms with Gasteiger partial charge in [-0.05, 0) is 34.1 Å². The van der Waals surface area contributed by atoms with Gasteiger partial charge in [0.05, 0.1) is 10.8 Å². The molecule has 2 rings (SSSR count). The molecule has 0 aliphatic carbocycles. The highest BCUT2D eigenvalue weighted by molar-refractivity contribution is 9.10. The molecular weight excluding hydrogens is 293 g/mol. The number of hydrogen-bond acceptors (Lipinski definition) is 4. The third kappa shape index (κ3) is 2.44. The first-order chi connectivity index (χ1) is 8.08. The second-order valence-corrected chi connectivity index (χ2v) is 3.98. The summed E-state index contributed by atoms with van der Waals surface area (Å²) in [5.41, 5.74) is 4.86. The van der Waals surface area contributed by atoms with Crippen molar-refractivity contribution in [3.63, 3.8) is 0 Å². The summed E-state index contributed by atoms with van der Waals surface area (Å²) in [5.74, 6) is -0.112. The van der Waals surface area contributed by atoms with Crippen LogP contribution in [0.3, 0.4) is 0 Å². The van der Waals surface area contributed by atoms with Crippen LogP contribution in [0.15, 0.2) is 33.8 Å². The predicted molar refractivity (Wildman–Crippen MR) is 63.4 cm³/mol. The molecule has 5 nitrogen and oxygen atoms in total. The molecule has 0 aliphatic heterocycles. The maximum Gasteiger partial charge on any atom is 0.277 e. The quantitative estimate of drug-likeness (QED) is 0.889. The number of nitrogens with two attached hydrogens (primary N) is 1. The van der Waals surface area contributed by atoms with E-state index in [4.69, 9.17) is 10.5 Å². The Morgan fingerprint density at radius 2 is 2.24 bits per heavy atom. The van der Waals surface area contributed by atoms with Gasteiger partial charge in [0, 0.05) is 0 Å². The standard InChI is InChI=1S/C10H7BrFN3O2/c11-6-3-5(1-2-7(6)12)17-10-8(13)9(16)14-4-15-10/h1-4H,13H2,(H,14,15,16). The molecule has 1 aromatic carbocycles. The van der Waals surface area contributed by atoms with E-state index in [0.717, 1.165) is 0 Å². The van der Waals surface area contributed by atoms with Crippen LogP contribution in [0.2, 0.25) is 0 Å². The molecule has 17 heavy (non-hydrogen) atoms. The van der Waals surface area contributed by atoms with E-state index >= 15 is 0 Å². The lowest BCUT2D eigenvalue weighted by Crippen LogP contribution is -2.13. The molecule has 1 aromatic heterocycles. The Hall–Kier alpha value is -1.89. The van der Waals surface area contributed by atoms with Crippen molar-refractivity contribution < 1.29 is 9.13 Å². The summed E-state index contributed by atoms with van der Waals surface area (Å²) < 4.78 is 18.5. The second-order valence-electron chi connectivity index (χ2n) is 3.13. The fourth-order valence-corrected chi connectivity index (χ4v) is 1.49. The lowest BCUT2D eigenvalue weighted by molar-refractivity contribution is 0.461. The van der Waals surface area contributed by atoms with Gasteiger partial charge in [-0.15, -0.1) is 0 Å². The number of nitrogen functional groups attached to an aromatic ring is 1. The molecule has 0 spiro atoms. The molecule has 0 atom stereocenters. The predicted octanol–water partition coefficient (Wildman–Crippen LogP) is 2.05. The summed E-state index contributed by atoms with van der Waals surface area (Å²) in [6.07, 6.45) is 1.17. The lowest BCUT2D eigenvalue weighted by Gasteiger charge is -2.06. The van der Waals surface area contributed by atoms with Crippen LogP contribution in [0.5, 0.6) is 11.6 Å². The van der Waals surface area contributed by atoms with Crippen molar-refractivity contribution in [1.82, 2.24) is 9.97 Å². The number of aromatic amines is 1. The number of H-pyrrole nitrogens is 1. The number of hydrogen-bond donors (Lipinski definition) is 2. The van der Waals surface area contributed by atoms with E-state index < -0.39 is 11.4 Å². The number of nitrogens with zero attached hydrogens (tertiary/aromatic N) is 1. The molecule has 7 heteroatoms. The molecule has 0 aliphatic rings. The normalized spacial score (nSPS) is 10.2. The molecule has 0 fully saturated rings. The van der Waals surface area contributed by atoms with Gasteiger partial charge in [0.2, 0.25) is 5.88 Å². The summed E-state index contributed by atoms with van der Waals surface area (Å²) in [5, 5.41) is 0. The first-order valence-electron chi connectivity index (χ1n) is 4.54. The first-order valence-corrected chi connectivity index (χ1v) is 5.33. The van der Waals surface area contributed by atoms with Crippen molar-refractivity contribution in [2.45, 2.75) is 0 Å². The fraction of sp³-hybridized carbons (Fsp3) is 0. The summed E-state index contributed by atoms with van der Waals surface area (Å²) in [6.45, 7) is 0. The van der Waals surface area contributed by atoms with E-state index in [1.54, 1.807) is 0 Å². The highest BCUT2D eigenvalue weighted by atomic mass is 79.9. The molecule has 0 bridgehead atoms. The molecule has 0 saturated carbocycles.